The minimum absolute atomic E-state index is 0.0459. The monoisotopic (exact) mass is 310 g/mol. The van der Waals surface area contributed by atoms with Gasteiger partial charge in [0.25, 0.3) is 0 Å². The van der Waals surface area contributed by atoms with Gasteiger partial charge in [-0.3, -0.25) is 0 Å². The molecule has 1 N–H and O–H groups in total. The number of carbonyl (C=O) groups excluding carboxylic acids is 1. The molecule has 0 aromatic heterocycles. The van der Waals surface area contributed by atoms with Crippen LogP contribution in [0.15, 0.2) is 0 Å². The molecule has 0 bridgehead atoms. The van der Waals surface area contributed by atoms with Crippen molar-refractivity contribution in [2.45, 2.75) is 51.8 Å². The first-order chi connectivity index (χ1) is 9.57. The van der Waals surface area contributed by atoms with Crippen LogP contribution in [-0.4, -0.2) is 48.9 Å². The van der Waals surface area contributed by atoms with Crippen LogP contribution >= 0.6 is 0 Å². The van der Waals surface area contributed by atoms with Gasteiger partial charge in [-0.25, -0.2) is 4.79 Å². The Morgan fingerprint density at radius 2 is 1.81 bits per heavy atom. The summed E-state index contributed by atoms with van der Waals surface area (Å²) in [4.78, 5) is 13.5. The molecule has 0 aromatic carbocycles. The molecule has 0 aliphatic carbocycles. The zero-order chi connectivity index (χ0) is 16.1. The molecule has 124 valence electrons. The normalized spacial score (nSPS) is 17.9. The Morgan fingerprint density at radius 1 is 1.24 bits per heavy atom. The van der Waals surface area contributed by atoms with E-state index in [1.807, 2.05) is 20.8 Å². The highest BCUT2D eigenvalue weighted by atomic mass is 19.4. The van der Waals surface area contributed by atoms with Crippen molar-refractivity contribution in [2.24, 2.45) is 5.92 Å². The Morgan fingerprint density at radius 3 is 2.29 bits per heavy atom. The lowest BCUT2D eigenvalue weighted by molar-refractivity contribution is -0.133. The molecule has 1 heterocycles. The molecular weight excluding hydrogens is 285 g/mol. The number of ether oxygens (including phenoxy) is 1. The third-order valence-electron chi connectivity index (χ3n) is 3.28. The highest BCUT2D eigenvalue weighted by Crippen LogP contribution is 2.20. The Balaban J connectivity index is 2.19. The van der Waals surface area contributed by atoms with Gasteiger partial charge in [0.2, 0.25) is 0 Å². The highest BCUT2D eigenvalue weighted by molar-refractivity contribution is 5.68. The number of nitrogens with zero attached hydrogens (tertiary/aromatic N) is 1. The number of carbonyl (C=O) groups is 1. The van der Waals surface area contributed by atoms with Crippen molar-refractivity contribution >= 4 is 6.09 Å². The average molecular weight is 310 g/mol. The number of alkyl halides is 3. The van der Waals surface area contributed by atoms with Crippen molar-refractivity contribution < 1.29 is 22.7 Å². The quantitative estimate of drug-likeness (QED) is 0.811. The lowest BCUT2D eigenvalue weighted by Gasteiger charge is -2.33. The van der Waals surface area contributed by atoms with Crippen LogP contribution in [0.3, 0.4) is 0 Å². The Kier molecular flexibility index (Phi) is 6.31. The van der Waals surface area contributed by atoms with Gasteiger partial charge in [0.1, 0.15) is 5.60 Å². The molecule has 1 fully saturated rings. The van der Waals surface area contributed by atoms with E-state index < -0.39 is 18.2 Å². The van der Waals surface area contributed by atoms with Gasteiger partial charge in [0.15, 0.2) is 0 Å². The number of piperidine rings is 1. The van der Waals surface area contributed by atoms with Crippen molar-refractivity contribution in [1.29, 1.82) is 0 Å². The van der Waals surface area contributed by atoms with Gasteiger partial charge in [-0.15, -0.1) is 0 Å². The van der Waals surface area contributed by atoms with Gasteiger partial charge >= 0.3 is 12.3 Å². The first-order valence-electron chi connectivity index (χ1n) is 7.32. The predicted molar refractivity (Wildman–Crippen MR) is 74.1 cm³/mol. The number of rotatable bonds is 4. The summed E-state index contributed by atoms with van der Waals surface area (Å²) in [6.45, 7) is 7.18. The summed E-state index contributed by atoms with van der Waals surface area (Å²) in [6.07, 6.45) is -3.64. The first-order valence-corrected chi connectivity index (χ1v) is 7.32. The average Bonchev–Trinajstić information content (AvgIpc) is 2.32. The number of halogens is 3. The molecule has 21 heavy (non-hydrogen) atoms. The van der Waals surface area contributed by atoms with Gasteiger partial charge in [-0.1, -0.05) is 0 Å². The van der Waals surface area contributed by atoms with Crippen molar-refractivity contribution in [3.63, 3.8) is 0 Å². The van der Waals surface area contributed by atoms with Gasteiger partial charge in [0.05, 0.1) is 6.42 Å². The zero-order valence-corrected chi connectivity index (χ0v) is 12.9. The molecular formula is C14H25F3N2O2. The summed E-state index contributed by atoms with van der Waals surface area (Å²) in [5.74, 6) is 0.317. The fraction of sp³-hybridized carbons (Fsp3) is 0.929. The van der Waals surface area contributed by atoms with E-state index in [-0.39, 0.29) is 12.6 Å². The van der Waals surface area contributed by atoms with Crippen LogP contribution in [-0.2, 0) is 4.74 Å². The summed E-state index contributed by atoms with van der Waals surface area (Å²) in [5, 5.41) is 2.84. The molecule has 4 nitrogen and oxygen atoms in total. The molecule has 0 spiro atoms. The maximum Gasteiger partial charge on any atom is 0.410 e. The third kappa shape index (κ3) is 8.14. The molecule has 0 radical (unpaired) electrons. The van der Waals surface area contributed by atoms with Crippen LogP contribution in [0.2, 0.25) is 0 Å². The van der Waals surface area contributed by atoms with Gasteiger partial charge in [-0.2, -0.15) is 13.2 Å². The Labute approximate surface area is 124 Å². The van der Waals surface area contributed by atoms with E-state index in [1.165, 1.54) is 0 Å². The van der Waals surface area contributed by atoms with Crippen molar-refractivity contribution in [3.8, 4) is 0 Å². The fourth-order valence-corrected chi connectivity index (χ4v) is 2.18. The molecule has 0 atom stereocenters. The number of hydrogen-bond acceptors (Lipinski definition) is 3. The molecule has 0 saturated carbocycles. The summed E-state index contributed by atoms with van der Waals surface area (Å²) in [7, 11) is 0. The second-order valence-electron chi connectivity index (χ2n) is 6.48. The smallest absolute Gasteiger partial charge is 0.410 e. The standard InChI is InChI=1S/C14H25F3N2O2/c1-13(2,3)21-12(20)19-8-4-11(5-9-19)10-18-7-6-14(15,16)17/h11,18H,4-10H2,1-3H3. The van der Waals surface area contributed by atoms with Gasteiger partial charge in [0, 0.05) is 19.6 Å². The van der Waals surface area contributed by atoms with E-state index in [0.717, 1.165) is 12.8 Å². The van der Waals surface area contributed by atoms with Crippen LogP contribution < -0.4 is 5.32 Å². The summed E-state index contributed by atoms with van der Waals surface area (Å²) >= 11 is 0. The molecule has 0 aromatic rings. The van der Waals surface area contributed by atoms with E-state index in [1.54, 1.807) is 4.90 Å². The second-order valence-corrected chi connectivity index (χ2v) is 6.48. The van der Waals surface area contributed by atoms with Crippen molar-refractivity contribution in [1.82, 2.24) is 10.2 Å². The topological polar surface area (TPSA) is 41.6 Å². The Hall–Kier alpha value is -0.980. The molecule has 1 aliphatic heterocycles. The Bertz CT molecular complexity index is 332. The van der Waals surface area contributed by atoms with E-state index in [0.29, 0.717) is 25.6 Å². The number of hydrogen-bond donors (Lipinski definition) is 1. The molecule has 7 heteroatoms. The van der Waals surface area contributed by atoms with E-state index >= 15 is 0 Å². The first kappa shape index (κ1) is 18.1. The van der Waals surface area contributed by atoms with Crippen LogP contribution in [0.25, 0.3) is 0 Å². The van der Waals surface area contributed by atoms with Crippen molar-refractivity contribution in [2.75, 3.05) is 26.2 Å². The van der Waals surface area contributed by atoms with E-state index in [9.17, 15) is 18.0 Å². The van der Waals surface area contributed by atoms with Crippen molar-refractivity contribution in [3.05, 3.63) is 0 Å². The lowest BCUT2D eigenvalue weighted by Crippen LogP contribution is -2.43. The number of amides is 1. The van der Waals surface area contributed by atoms with Crippen LogP contribution in [0.4, 0.5) is 18.0 Å². The molecule has 1 rings (SSSR count). The minimum atomic E-state index is -4.10. The van der Waals surface area contributed by atoms with Gasteiger partial charge < -0.3 is 15.0 Å². The highest BCUT2D eigenvalue weighted by Gasteiger charge is 2.28. The zero-order valence-electron chi connectivity index (χ0n) is 12.9. The largest absolute Gasteiger partial charge is 0.444 e. The van der Waals surface area contributed by atoms with Gasteiger partial charge in [-0.05, 0) is 46.1 Å². The molecule has 1 aliphatic rings. The second kappa shape index (κ2) is 7.33. The lowest BCUT2D eigenvalue weighted by atomic mass is 9.97. The maximum absolute atomic E-state index is 12.0. The molecule has 1 amide bonds. The SMILES string of the molecule is CC(C)(C)OC(=O)N1CCC(CNCCC(F)(F)F)CC1. The van der Waals surface area contributed by atoms with Crippen LogP contribution in [0, 0.1) is 5.92 Å². The minimum Gasteiger partial charge on any atom is -0.444 e. The summed E-state index contributed by atoms with van der Waals surface area (Å²) < 4.78 is 41.3. The third-order valence-corrected chi connectivity index (χ3v) is 3.28. The van der Waals surface area contributed by atoms with E-state index in [4.69, 9.17) is 4.74 Å². The summed E-state index contributed by atoms with van der Waals surface area (Å²) in [5.41, 5.74) is -0.507. The molecule has 0 unspecified atom stereocenters. The van der Waals surface area contributed by atoms with Crippen LogP contribution in [0.5, 0.6) is 0 Å². The van der Waals surface area contributed by atoms with Crippen LogP contribution in [0.1, 0.15) is 40.0 Å². The molecule has 1 saturated heterocycles. The predicted octanol–water partition coefficient (Wildman–Crippen LogP) is 3.18. The maximum atomic E-state index is 12.0. The number of nitrogens with one attached hydrogen (secondary N) is 1. The fourth-order valence-electron chi connectivity index (χ4n) is 2.18. The van der Waals surface area contributed by atoms with E-state index in [2.05, 4.69) is 5.32 Å². The summed E-state index contributed by atoms with van der Waals surface area (Å²) in [6, 6.07) is 0. The number of likely N-dealkylation sites (tertiary alicyclic amines) is 1.